The van der Waals surface area contributed by atoms with Crippen molar-refractivity contribution in [3.05, 3.63) is 52.0 Å². The van der Waals surface area contributed by atoms with Gasteiger partial charge in [-0.2, -0.15) is 0 Å². The number of fused-ring (bicyclic) bond motifs is 5. The minimum absolute atomic E-state index is 0.0483. The second-order valence-electron chi connectivity index (χ2n) is 11.7. The van der Waals surface area contributed by atoms with E-state index < -0.39 is 0 Å². The van der Waals surface area contributed by atoms with E-state index in [1.165, 1.54) is 25.3 Å². The number of hydrogen-bond acceptors (Lipinski definition) is 3. The molecule has 0 amide bonds. The molecule has 3 saturated carbocycles. The number of esters is 1. The molecule has 1 unspecified atom stereocenters. The van der Waals surface area contributed by atoms with Gasteiger partial charge in [0.2, 0.25) is 0 Å². The fourth-order valence-corrected chi connectivity index (χ4v) is 8.75. The summed E-state index contributed by atoms with van der Waals surface area (Å²) in [6.45, 7) is 6.40. The summed E-state index contributed by atoms with van der Waals surface area (Å²) < 4.78 is 6.61. The molecule has 4 aliphatic carbocycles. The van der Waals surface area contributed by atoms with Crippen LogP contribution < -0.4 is 0 Å². The Bertz CT molecular complexity index is 1040. The van der Waals surface area contributed by atoms with Crippen LogP contribution in [0.4, 0.5) is 0 Å². The van der Waals surface area contributed by atoms with Gasteiger partial charge in [-0.3, -0.25) is 9.59 Å². The number of carbonyl (C=O) groups is 2. The van der Waals surface area contributed by atoms with Crippen LogP contribution in [-0.2, 0) is 14.3 Å². The fraction of sp³-hybridized carbons (Fsp3) is 0.600. The average molecular weight is 526 g/mol. The SMILES string of the molecule is CC(=O)O[C@H]1CC[C@@]2(C)C(=CC[C@@H]3[C@@H]2CC[C@]2(C)C(C(=O)/C=C/c4ccccc4Br)CC[C@@H]32)C1. The van der Waals surface area contributed by atoms with E-state index in [1.54, 1.807) is 0 Å². The zero-order valence-corrected chi connectivity index (χ0v) is 22.3. The second-order valence-corrected chi connectivity index (χ2v) is 12.5. The van der Waals surface area contributed by atoms with E-state index in [1.807, 2.05) is 36.4 Å². The van der Waals surface area contributed by atoms with Crippen LogP contribution >= 0.6 is 15.9 Å². The first-order valence-electron chi connectivity index (χ1n) is 13.1. The van der Waals surface area contributed by atoms with Gasteiger partial charge in [0, 0.05) is 23.7 Å². The Morgan fingerprint density at radius 2 is 1.85 bits per heavy atom. The minimum Gasteiger partial charge on any atom is -0.462 e. The van der Waals surface area contributed by atoms with Gasteiger partial charge in [0.25, 0.3) is 0 Å². The molecule has 182 valence electrons. The Kier molecular flexibility index (Phi) is 6.42. The maximum atomic E-state index is 13.4. The molecule has 0 radical (unpaired) electrons. The van der Waals surface area contributed by atoms with Crippen molar-refractivity contribution in [2.24, 2.45) is 34.5 Å². The molecule has 0 aliphatic heterocycles. The van der Waals surface area contributed by atoms with Crippen LogP contribution in [0.2, 0.25) is 0 Å². The summed E-state index contributed by atoms with van der Waals surface area (Å²) in [5.74, 6) is 2.26. The lowest BCUT2D eigenvalue weighted by atomic mass is 9.47. The smallest absolute Gasteiger partial charge is 0.302 e. The van der Waals surface area contributed by atoms with Crippen LogP contribution in [0.15, 0.2) is 46.5 Å². The molecule has 0 spiro atoms. The van der Waals surface area contributed by atoms with E-state index in [0.29, 0.717) is 23.5 Å². The quantitative estimate of drug-likeness (QED) is 0.232. The Morgan fingerprint density at radius 1 is 1.06 bits per heavy atom. The Labute approximate surface area is 212 Å². The molecule has 34 heavy (non-hydrogen) atoms. The van der Waals surface area contributed by atoms with Crippen LogP contribution in [0, 0.1) is 34.5 Å². The number of ether oxygens (including phenoxy) is 1. The lowest BCUT2D eigenvalue weighted by Crippen LogP contribution is -2.51. The first kappa shape index (κ1) is 24.0. The molecule has 5 rings (SSSR count). The lowest BCUT2D eigenvalue weighted by molar-refractivity contribution is -0.149. The Balaban J connectivity index is 1.33. The van der Waals surface area contributed by atoms with Crippen molar-refractivity contribution in [2.75, 3.05) is 0 Å². The van der Waals surface area contributed by atoms with Crippen LogP contribution in [0.25, 0.3) is 6.08 Å². The highest BCUT2D eigenvalue weighted by atomic mass is 79.9. The van der Waals surface area contributed by atoms with Crippen LogP contribution in [0.1, 0.15) is 77.7 Å². The predicted octanol–water partition coefficient (Wildman–Crippen LogP) is 7.54. The summed E-state index contributed by atoms with van der Waals surface area (Å²) in [5.41, 5.74) is 2.91. The molecule has 3 fully saturated rings. The monoisotopic (exact) mass is 524 g/mol. The molecule has 0 saturated heterocycles. The van der Waals surface area contributed by atoms with Gasteiger partial charge in [0.15, 0.2) is 5.78 Å². The zero-order valence-electron chi connectivity index (χ0n) is 20.7. The zero-order chi connectivity index (χ0) is 24.1. The third kappa shape index (κ3) is 4.04. The number of benzene rings is 1. The number of ketones is 1. The van der Waals surface area contributed by atoms with Crippen LogP contribution in [0.3, 0.4) is 0 Å². The second kappa shape index (κ2) is 9.08. The topological polar surface area (TPSA) is 43.4 Å². The van der Waals surface area contributed by atoms with Crippen molar-refractivity contribution < 1.29 is 14.3 Å². The van der Waals surface area contributed by atoms with Gasteiger partial charge < -0.3 is 4.74 Å². The molecular formula is C30H37BrO3. The van der Waals surface area contributed by atoms with Crippen molar-refractivity contribution in [3.8, 4) is 0 Å². The lowest BCUT2D eigenvalue weighted by Gasteiger charge is -2.58. The van der Waals surface area contributed by atoms with Crippen molar-refractivity contribution in [2.45, 2.75) is 78.2 Å². The standard InChI is InChI=1S/C30H37BrO3/c1-19(32)34-22-14-16-29(2)21(18-22)9-10-23-24-11-12-26(30(24,3)17-15-25(23)29)28(33)13-8-20-6-4-5-7-27(20)31/h4-9,13,22-26H,10-12,14-18H2,1-3H3/b13-8+/t22-,23-,24-,25-,26?,29-,30-/m0/s1. The summed E-state index contributed by atoms with van der Waals surface area (Å²) in [6, 6.07) is 8.07. The molecule has 3 nitrogen and oxygen atoms in total. The molecule has 0 bridgehead atoms. The van der Waals surface area contributed by atoms with Gasteiger partial charge in [-0.05, 0) is 91.2 Å². The van der Waals surface area contributed by atoms with Crippen molar-refractivity contribution in [1.29, 1.82) is 0 Å². The summed E-state index contributed by atoms with van der Waals surface area (Å²) in [6.07, 6.45) is 15.0. The summed E-state index contributed by atoms with van der Waals surface area (Å²) in [5, 5.41) is 0. The molecule has 7 atom stereocenters. The molecule has 0 aromatic heterocycles. The predicted molar refractivity (Wildman–Crippen MR) is 139 cm³/mol. The highest BCUT2D eigenvalue weighted by Crippen LogP contribution is 2.66. The number of halogens is 1. The normalized spacial score (nSPS) is 39.1. The first-order valence-corrected chi connectivity index (χ1v) is 13.8. The average Bonchev–Trinajstić information content (AvgIpc) is 3.15. The van der Waals surface area contributed by atoms with Crippen molar-refractivity contribution in [1.82, 2.24) is 0 Å². The van der Waals surface area contributed by atoms with Gasteiger partial charge in [0.1, 0.15) is 6.10 Å². The molecule has 4 heteroatoms. The largest absolute Gasteiger partial charge is 0.462 e. The van der Waals surface area contributed by atoms with Gasteiger partial charge in [-0.15, -0.1) is 0 Å². The summed E-state index contributed by atoms with van der Waals surface area (Å²) in [4.78, 5) is 24.9. The van der Waals surface area contributed by atoms with Gasteiger partial charge in [-0.1, -0.05) is 65.7 Å². The fourth-order valence-electron chi connectivity index (χ4n) is 8.33. The molecular weight excluding hydrogens is 488 g/mol. The number of allylic oxidation sites excluding steroid dienone is 2. The third-order valence-corrected chi connectivity index (χ3v) is 10.8. The van der Waals surface area contributed by atoms with E-state index in [9.17, 15) is 9.59 Å². The number of rotatable bonds is 4. The van der Waals surface area contributed by atoms with E-state index in [2.05, 4.69) is 35.9 Å². The van der Waals surface area contributed by atoms with Gasteiger partial charge >= 0.3 is 5.97 Å². The van der Waals surface area contributed by atoms with Crippen molar-refractivity contribution in [3.63, 3.8) is 0 Å². The van der Waals surface area contributed by atoms with Crippen LogP contribution in [-0.4, -0.2) is 17.9 Å². The van der Waals surface area contributed by atoms with Gasteiger partial charge in [-0.25, -0.2) is 0 Å². The summed E-state index contributed by atoms with van der Waals surface area (Å²) in [7, 11) is 0. The Morgan fingerprint density at radius 3 is 2.62 bits per heavy atom. The number of hydrogen-bond donors (Lipinski definition) is 0. The number of carbonyl (C=O) groups excluding carboxylic acids is 2. The maximum absolute atomic E-state index is 13.4. The van der Waals surface area contributed by atoms with Gasteiger partial charge in [0.05, 0.1) is 0 Å². The highest BCUT2D eigenvalue weighted by molar-refractivity contribution is 9.10. The molecule has 1 aromatic rings. The highest BCUT2D eigenvalue weighted by Gasteiger charge is 2.59. The van der Waals surface area contributed by atoms with Crippen LogP contribution in [0.5, 0.6) is 0 Å². The third-order valence-electron chi connectivity index (χ3n) is 10.1. The van der Waals surface area contributed by atoms with E-state index >= 15 is 0 Å². The first-order chi connectivity index (χ1) is 16.2. The maximum Gasteiger partial charge on any atom is 0.302 e. The van der Waals surface area contributed by atoms with E-state index in [0.717, 1.165) is 48.6 Å². The minimum atomic E-state index is -0.161. The van der Waals surface area contributed by atoms with E-state index in [-0.39, 0.29) is 28.8 Å². The van der Waals surface area contributed by atoms with E-state index in [4.69, 9.17) is 4.74 Å². The van der Waals surface area contributed by atoms with Crippen molar-refractivity contribution >= 4 is 33.8 Å². The molecule has 0 N–H and O–H groups in total. The summed E-state index contributed by atoms with van der Waals surface area (Å²) >= 11 is 3.59. The molecule has 4 aliphatic rings. The molecule has 1 aromatic carbocycles. The molecule has 0 heterocycles. The Hall–Kier alpha value is -1.68.